The molecule has 0 atom stereocenters. The van der Waals surface area contributed by atoms with Crippen molar-refractivity contribution in [3.05, 3.63) is 206 Å². The van der Waals surface area contributed by atoms with Gasteiger partial charge >= 0.3 is 0 Å². The molecule has 0 aliphatic carbocycles. The Kier molecular flexibility index (Phi) is 8.64. The summed E-state index contributed by atoms with van der Waals surface area (Å²) in [5, 5.41) is 0. The second-order valence-electron chi connectivity index (χ2n) is 11.9. The SMILES string of the molecule is c1ccc(-c2cc(N(c3ccccc3)c3cccc(N(c4ccccc4)c4ccccc4)c3-c3ccccc3)nc(-c3ccccc3)n2)cc1. The van der Waals surface area contributed by atoms with Gasteiger partial charge in [0.2, 0.25) is 0 Å². The molecule has 0 unspecified atom stereocenters. The first-order valence-corrected chi connectivity index (χ1v) is 16.8. The molecule has 0 spiro atoms. The summed E-state index contributed by atoms with van der Waals surface area (Å²) < 4.78 is 0. The van der Waals surface area contributed by atoms with Gasteiger partial charge in [-0.25, -0.2) is 9.97 Å². The first-order chi connectivity index (χ1) is 24.8. The number of benzene rings is 7. The Hall–Kier alpha value is -6.78. The maximum Gasteiger partial charge on any atom is 0.162 e. The molecule has 0 aliphatic rings. The molecule has 1 aromatic heterocycles. The largest absolute Gasteiger partial charge is 0.310 e. The Balaban J connectivity index is 1.43. The van der Waals surface area contributed by atoms with Gasteiger partial charge in [-0.3, -0.25) is 4.90 Å². The molecule has 0 saturated heterocycles. The lowest BCUT2D eigenvalue weighted by Gasteiger charge is -2.32. The van der Waals surface area contributed by atoms with Gasteiger partial charge in [0, 0.05) is 39.8 Å². The van der Waals surface area contributed by atoms with Crippen LogP contribution in [0.5, 0.6) is 0 Å². The Morgan fingerprint density at radius 3 is 1.22 bits per heavy atom. The minimum Gasteiger partial charge on any atom is -0.310 e. The number of hydrogen-bond donors (Lipinski definition) is 0. The number of aromatic nitrogens is 2. The van der Waals surface area contributed by atoms with E-state index in [4.69, 9.17) is 9.97 Å². The number of nitrogens with zero attached hydrogens (tertiary/aromatic N) is 4. The standard InChI is InChI=1S/C46H34N4/c1-7-20-35(21-8-1)41-34-44(48-46(47-41)37-24-11-3-12-25-37)50(40-30-17-6-18-31-40)43-33-19-32-42(45(43)36-22-9-2-10-23-36)49(38-26-13-4-14-27-38)39-28-15-5-16-29-39/h1-34H. The third-order valence-corrected chi connectivity index (χ3v) is 8.65. The van der Waals surface area contributed by atoms with E-state index in [1.54, 1.807) is 0 Å². The number of rotatable bonds is 9. The van der Waals surface area contributed by atoms with E-state index >= 15 is 0 Å². The van der Waals surface area contributed by atoms with E-state index in [9.17, 15) is 0 Å². The molecule has 7 aromatic carbocycles. The van der Waals surface area contributed by atoms with Crippen LogP contribution < -0.4 is 9.80 Å². The molecule has 238 valence electrons. The van der Waals surface area contributed by atoms with Crippen LogP contribution in [0.25, 0.3) is 33.8 Å². The lowest BCUT2D eigenvalue weighted by atomic mass is 9.98. The van der Waals surface area contributed by atoms with Crippen molar-refractivity contribution in [2.45, 2.75) is 0 Å². The van der Waals surface area contributed by atoms with Gasteiger partial charge in [-0.2, -0.15) is 0 Å². The van der Waals surface area contributed by atoms with E-state index in [1.807, 2.05) is 42.5 Å². The van der Waals surface area contributed by atoms with Gasteiger partial charge in [-0.1, -0.05) is 152 Å². The summed E-state index contributed by atoms with van der Waals surface area (Å²) in [6.45, 7) is 0. The Bertz CT molecular complexity index is 2200. The van der Waals surface area contributed by atoms with E-state index in [0.717, 1.165) is 62.2 Å². The molecule has 4 heteroatoms. The summed E-state index contributed by atoms with van der Waals surface area (Å²) in [7, 11) is 0. The van der Waals surface area contributed by atoms with Crippen LogP contribution in [-0.4, -0.2) is 9.97 Å². The molecule has 0 fully saturated rings. The van der Waals surface area contributed by atoms with Crippen LogP contribution in [0.4, 0.5) is 34.3 Å². The summed E-state index contributed by atoms with van der Waals surface area (Å²) in [4.78, 5) is 15.0. The average Bonchev–Trinajstić information content (AvgIpc) is 3.20. The molecule has 1 heterocycles. The summed E-state index contributed by atoms with van der Waals surface area (Å²) in [5.41, 5.74) is 10.2. The van der Waals surface area contributed by atoms with E-state index in [-0.39, 0.29) is 0 Å². The minimum atomic E-state index is 0.662. The molecular formula is C46H34N4. The maximum absolute atomic E-state index is 5.31. The predicted octanol–water partition coefficient (Wildman–Crippen LogP) is 12.4. The number of hydrogen-bond acceptors (Lipinski definition) is 4. The molecule has 8 rings (SSSR count). The smallest absolute Gasteiger partial charge is 0.162 e. The van der Waals surface area contributed by atoms with Crippen molar-refractivity contribution in [3.63, 3.8) is 0 Å². The van der Waals surface area contributed by atoms with Crippen LogP contribution in [0, 0.1) is 0 Å². The molecule has 50 heavy (non-hydrogen) atoms. The van der Waals surface area contributed by atoms with E-state index in [2.05, 4.69) is 174 Å². The maximum atomic E-state index is 5.31. The van der Waals surface area contributed by atoms with E-state index in [1.165, 1.54) is 0 Å². The Morgan fingerprint density at radius 2 is 0.720 bits per heavy atom. The van der Waals surface area contributed by atoms with Crippen LogP contribution >= 0.6 is 0 Å². The zero-order valence-corrected chi connectivity index (χ0v) is 27.4. The van der Waals surface area contributed by atoms with Gasteiger partial charge in [0.25, 0.3) is 0 Å². The Morgan fingerprint density at radius 1 is 0.320 bits per heavy atom. The van der Waals surface area contributed by atoms with Gasteiger partial charge in [-0.05, 0) is 54.1 Å². The topological polar surface area (TPSA) is 32.3 Å². The Labute approximate surface area is 293 Å². The van der Waals surface area contributed by atoms with Gasteiger partial charge < -0.3 is 4.90 Å². The quantitative estimate of drug-likeness (QED) is 0.157. The average molecular weight is 643 g/mol. The van der Waals surface area contributed by atoms with Gasteiger partial charge in [0.05, 0.1) is 17.1 Å². The van der Waals surface area contributed by atoms with E-state index < -0.39 is 0 Å². The van der Waals surface area contributed by atoms with Crippen molar-refractivity contribution < 1.29 is 0 Å². The number of para-hydroxylation sites is 3. The van der Waals surface area contributed by atoms with Crippen LogP contribution in [-0.2, 0) is 0 Å². The fourth-order valence-corrected chi connectivity index (χ4v) is 6.38. The lowest BCUT2D eigenvalue weighted by molar-refractivity contribution is 1.12. The predicted molar refractivity (Wildman–Crippen MR) is 208 cm³/mol. The van der Waals surface area contributed by atoms with E-state index in [0.29, 0.717) is 5.82 Å². The summed E-state index contributed by atoms with van der Waals surface area (Å²) in [6, 6.07) is 71.4. The minimum absolute atomic E-state index is 0.662. The normalized spacial score (nSPS) is 10.8. The van der Waals surface area contributed by atoms with Gasteiger partial charge in [0.1, 0.15) is 5.82 Å². The third kappa shape index (κ3) is 6.26. The van der Waals surface area contributed by atoms with Crippen molar-refractivity contribution in [3.8, 4) is 33.8 Å². The molecule has 8 aromatic rings. The first kappa shape index (κ1) is 30.5. The molecule has 0 saturated carbocycles. The third-order valence-electron chi connectivity index (χ3n) is 8.65. The van der Waals surface area contributed by atoms with Gasteiger partial charge in [0.15, 0.2) is 5.82 Å². The summed E-state index contributed by atoms with van der Waals surface area (Å²) >= 11 is 0. The zero-order chi connectivity index (χ0) is 33.5. The van der Waals surface area contributed by atoms with Crippen molar-refractivity contribution in [1.29, 1.82) is 0 Å². The summed E-state index contributed by atoms with van der Waals surface area (Å²) in [5.74, 6) is 1.43. The summed E-state index contributed by atoms with van der Waals surface area (Å²) in [6.07, 6.45) is 0. The molecular weight excluding hydrogens is 609 g/mol. The second-order valence-corrected chi connectivity index (χ2v) is 11.9. The molecule has 0 bridgehead atoms. The first-order valence-electron chi connectivity index (χ1n) is 16.8. The monoisotopic (exact) mass is 642 g/mol. The second kappa shape index (κ2) is 14.1. The molecule has 0 amide bonds. The van der Waals surface area contributed by atoms with Crippen molar-refractivity contribution >= 4 is 34.3 Å². The van der Waals surface area contributed by atoms with Crippen molar-refractivity contribution in [1.82, 2.24) is 9.97 Å². The van der Waals surface area contributed by atoms with Crippen LogP contribution in [0.2, 0.25) is 0 Å². The lowest BCUT2D eigenvalue weighted by Crippen LogP contribution is -2.16. The van der Waals surface area contributed by atoms with Crippen LogP contribution in [0.15, 0.2) is 206 Å². The van der Waals surface area contributed by atoms with Gasteiger partial charge in [-0.15, -0.1) is 0 Å². The molecule has 4 nitrogen and oxygen atoms in total. The van der Waals surface area contributed by atoms with Crippen molar-refractivity contribution in [2.24, 2.45) is 0 Å². The van der Waals surface area contributed by atoms with Crippen LogP contribution in [0.1, 0.15) is 0 Å². The number of anilines is 6. The fraction of sp³-hybridized carbons (Fsp3) is 0. The highest BCUT2D eigenvalue weighted by Gasteiger charge is 2.25. The highest BCUT2D eigenvalue weighted by molar-refractivity contribution is 5.98. The highest BCUT2D eigenvalue weighted by Crippen LogP contribution is 2.48. The highest BCUT2D eigenvalue weighted by atomic mass is 15.2. The van der Waals surface area contributed by atoms with Crippen molar-refractivity contribution in [2.75, 3.05) is 9.80 Å². The van der Waals surface area contributed by atoms with Crippen LogP contribution in [0.3, 0.4) is 0 Å². The molecule has 0 aliphatic heterocycles. The fourth-order valence-electron chi connectivity index (χ4n) is 6.38. The molecule has 0 N–H and O–H groups in total. The zero-order valence-electron chi connectivity index (χ0n) is 27.4. The molecule has 0 radical (unpaired) electrons.